The molecular weight excluding hydrogens is 282 g/mol. The molecule has 2 heterocycles. The summed E-state index contributed by atoms with van der Waals surface area (Å²) in [6.45, 7) is 2.98. The molecule has 0 aliphatic rings. The molecule has 3 aromatic rings. The van der Waals surface area contributed by atoms with Gasteiger partial charge in [0, 0.05) is 29.5 Å². The van der Waals surface area contributed by atoms with Crippen molar-refractivity contribution in [1.82, 2.24) is 14.5 Å². The van der Waals surface area contributed by atoms with Gasteiger partial charge in [-0.2, -0.15) is 0 Å². The van der Waals surface area contributed by atoms with E-state index in [0.717, 1.165) is 11.2 Å². The molecule has 0 saturated heterocycles. The van der Waals surface area contributed by atoms with E-state index in [1.807, 2.05) is 35.3 Å². The maximum Gasteiger partial charge on any atom is 0.242 e. The summed E-state index contributed by atoms with van der Waals surface area (Å²) in [5.41, 5.74) is 5.02. The van der Waals surface area contributed by atoms with Gasteiger partial charge in [0.2, 0.25) is 5.91 Å². The molecule has 3 rings (SSSR count). The van der Waals surface area contributed by atoms with Gasteiger partial charge in [-0.05, 0) is 18.6 Å². The number of amides is 1. The Morgan fingerprint density at radius 1 is 1.38 bits per heavy atom. The average Bonchev–Trinajstić information content (AvgIpc) is 3.09. The summed E-state index contributed by atoms with van der Waals surface area (Å²) in [5, 5.41) is 3.17. The predicted molar refractivity (Wildman–Crippen MR) is 85.3 cm³/mol. The third-order valence-electron chi connectivity index (χ3n) is 3.60. The summed E-state index contributed by atoms with van der Waals surface area (Å²) in [6.07, 6.45) is 2.04. The summed E-state index contributed by atoms with van der Waals surface area (Å²) in [7, 11) is 1.82. The Labute approximate surface area is 127 Å². The Morgan fingerprint density at radius 3 is 2.95 bits per heavy atom. The molecule has 1 aromatic carbocycles. The molecule has 0 N–H and O–H groups in total. The number of hydrogen-bond donors (Lipinski definition) is 0. The number of benzene rings is 1. The molecule has 0 bridgehead atoms. The van der Waals surface area contributed by atoms with Gasteiger partial charge >= 0.3 is 0 Å². The number of aromatic nitrogens is 2. The fourth-order valence-corrected chi connectivity index (χ4v) is 3.02. The molecule has 0 radical (unpaired) electrons. The molecule has 4 nitrogen and oxygen atoms in total. The lowest BCUT2D eigenvalue weighted by molar-refractivity contribution is -0.131. The van der Waals surface area contributed by atoms with Crippen LogP contribution in [0.5, 0.6) is 0 Å². The van der Waals surface area contributed by atoms with Crippen LogP contribution in [0, 0.1) is 6.92 Å². The quantitative estimate of drug-likeness (QED) is 0.742. The number of thiazole rings is 1. The highest BCUT2D eigenvalue weighted by molar-refractivity contribution is 7.07. The molecule has 21 heavy (non-hydrogen) atoms. The van der Waals surface area contributed by atoms with Crippen LogP contribution in [0.1, 0.15) is 11.3 Å². The molecule has 108 valence electrons. The molecule has 0 fully saturated rings. The van der Waals surface area contributed by atoms with Crippen molar-refractivity contribution < 1.29 is 4.79 Å². The van der Waals surface area contributed by atoms with Crippen molar-refractivity contribution in [3.8, 4) is 0 Å². The average molecular weight is 299 g/mol. The van der Waals surface area contributed by atoms with E-state index < -0.39 is 0 Å². The topological polar surface area (TPSA) is 38.1 Å². The first-order valence-electron chi connectivity index (χ1n) is 6.80. The van der Waals surface area contributed by atoms with E-state index in [9.17, 15) is 4.79 Å². The molecule has 5 heteroatoms. The van der Waals surface area contributed by atoms with E-state index in [1.165, 1.54) is 10.9 Å². The second kappa shape index (κ2) is 5.69. The van der Waals surface area contributed by atoms with E-state index in [2.05, 4.69) is 24.0 Å². The highest BCUT2D eigenvalue weighted by atomic mass is 32.1. The number of fused-ring (bicyclic) bond motifs is 1. The summed E-state index contributed by atoms with van der Waals surface area (Å²) in [4.78, 5) is 18.3. The molecule has 0 aliphatic carbocycles. The van der Waals surface area contributed by atoms with Crippen molar-refractivity contribution in [3.63, 3.8) is 0 Å². The third-order valence-corrected chi connectivity index (χ3v) is 4.24. The van der Waals surface area contributed by atoms with Crippen molar-refractivity contribution in [2.75, 3.05) is 7.05 Å². The standard InChI is InChI=1S/C16H17N3OS/c1-12-7-19(15-6-4-3-5-14(12)15)9-16(20)18(2)8-13-10-21-11-17-13/h3-7,10-11H,8-9H2,1-2H3. The fraction of sp³-hybridized carbons (Fsp3) is 0.250. The van der Waals surface area contributed by atoms with Crippen molar-refractivity contribution in [2.45, 2.75) is 20.0 Å². The van der Waals surface area contributed by atoms with Crippen molar-refractivity contribution >= 4 is 28.1 Å². The lowest BCUT2D eigenvalue weighted by atomic mass is 10.2. The van der Waals surface area contributed by atoms with Gasteiger partial charge in [-0.3, -0.25) is 4.79 Å². The minimum atomic E-state index is 0.0868. The smallest absolute Gasteiger partial charge is 0.242 e. The molecule has 2 aromatic heterocycles. The van der Waals surface area contributed by atoms with E-state index in [1.54, 1.807) is 21.7 Å². The van der Waals surface area contributed by atoms with Gasteiger partial charge in [0.05, 0.1) is 17.7 Å². The molecule has 1 amide bonds. The van der Waals surface area contributed by atoms with E-state index in [-0.39, 0.29) is 5.91 Å². The molecule has 0 unspecified atom stereocenters. The first-order valence-corrected chi connectivity index (χ1v) is 7.75. The number of carbonyl (C=O) groups excluding carboxylic acids is 1. The van der Waals surface area contributed by atoms with Crippen LogP contribution in [0.3, 0.4) is 0 Å². The molecular formula is C16H17N3OS. The zero-order chi connectivity index (χ0) is 14.8. The zero-order valence-corrected chi connectivity index (χ0v) is 12.9. The molecule has 0 aliphatic heterocycles. The van der Waals surface area contributed by atoms with Crippen LogP contribution in [-0.2, 0) is 17.9 Å². The van der Waals surface area contributed by atoms with Crippen molar-refractivity contribution in [2.24, 2.45) is 0 Å². The number of likely N-dealkylation sites (N-methyl/N-ethyl adjacent to an activating group) is 1. The lowest BCUT2D eigenvalue weighted by Gasteiger charge is -2.16. The van der Waals surface area contributed by atoms with E-state index in [0.29, 0.717) is 13.1 Å². The number of aryl methyl sites for hydroxylation is 1. The van der Waals surface area contributed by atoms with Gasteiger partial charge in [0.1, 0.15) is 6.54 Å². The van der Waals surface area contributed by atoms with Gasteiger partial charge in [-0.25, -0.2) is 4.98 Å². The highest BCUT2D eigenvalue weighted by Gasteiger charge is 2.13. The molecule has 0 saturated carbocycles. The first-order chi connectivity index (χ1) is 10.1. The maximum absolute atomic E-state index is 12.4. The normalized spacial score (nSPS) is 11.0. The number of nitrogens with zero attached hydrogens (tertiary/aromatic N) is 3. The molecule has 0 spiro atoms. The number of hydrogen-bond acceptors (Lipinski definition) is 3. The Kier molecular flexibility index (Phi) is 3.75. The number of para-hydroxylation sites is 1. The molecule has 0 atom stereocenters. The summed E-state index contributed by atoms with van der Waals surface area (Å²) < 4.78 is 2.02. The minimum Gasteiger partial charge on any atom is -0.338 e. The highest BCUT2D eigenvalue weighted by Crippen LogP contribution is 2.20. The summed E-state index contributed by atoms with van der Waals surface area (Å²) in [5.74, 6) is 0.0868. The van der Waals surface area contributed by atoms with Crippen LogP contribution < -0.4 is 0 Å². The Hall–Kier alpha value is -2.14. The largest absolute Gasteiger partial charge is 0.338 e. The predicted octanol–water partition coefficient (Wildman–Crippen LogP) is 3.06. The maximum atomic E-state index is 12.4. The number of rotatable bonds is 4. The summed E-state index contributed by atoms with van der Waals surface area (Å²) in [6, 6.07) is 8.16. The van der Waals surface area contributed by atoms with Crippen LogP contribution in [0.4, 0.5) is 0 Å². The van der Waals surface area contributed by atoms with Gasteiger partial charge in [0.15, 0.2) is 0 Å². The minimum absolute atomic E-state index is 0.0868. The number of carbonyl (C=O) groups is 1. The second-order valence-corrected chi connectivity index (χ2v) is 5.91. The second-order valence-electron chi connectivity index (χ2n) is 5.19. The van der Waals surface area contributed by atoms with Crippen LogP contribution in [0.2, 0.25) is 0 Å². The van der Waals surface area contributed by atoms with Crippen LogP contribution in [0.15, 0.2) is 41.4 Å². The SMILES string of the molecule is Cc1cn(CC(=O)N(C)Cc2cscn2)c2ccccc12. The van der Waals surface area contributed by atoms with Crippen LogP contribution >= 0.6 is 11.3 Å². The van der Waals surface area contributed by atoms with E-state index in [4.69, 9.17) is 0 Å². The van der Waals surface area contributed by atoms with Crippen molar-refractivity contribution in [1.29, 1.82) is 0 Å². The fourth-order valence-electron chi connectivity index (χ4n) is 2.47. The lowest BCUT2D eigenvalue weighted by Crippen LogP contribution is -2.29. The monoisotopic (exact) mass is 299 g/mol. The van der Waals surface area contributed by atoms with E-state index >= 15 is 0 Å². The Morgan fingerprint density at radius 2 is 2.19 bits per heavy atom. The van der Waals surface area contributed by atoms with Crippen molar-refractivity contribution in [3.05, 3.63) is 52.6 Å². The van der Waals surface area contributed by atoms with Gasteiger partial charge in [-0.1, -0.05) is 18.2 Å². The van der Waals surface area contributed by atoms with Crippen LogP contribution in [-0.4, -0.2) is 27.4 Å². The Bertz CT molecular complexity index is 761. The summed E-state index contributed by atoms with van der Waals surface area (Å²) >= 11 is 1.55. The Balaban J connectivity index is 1.77. The first kappa shape index (κ1) is 13.8. The van der Waals surface area contributed by atoms with Gasteiger partial charge in [0.25, 0.3) is 0 Å². The van der Waals surface area contributed by atoms with Gasteiger partial charge < -0.3 is 9.47 Å². The van der Waals surface area contributed by atoms with Gasteiger partial charge in [-0.15, -0.1) is 11.3 Å². The third kappa shape index (κ3) is 2.83. The zero-order valence-electron chi connectivity index (χ0n) is 12.1. The van der Waals surface area contributed by atoms with Crippen LogP contribution in [0.25, 0.3) is 10.9 Å².